The standard InChI is InChI=1S/C18H20N2O5/c1-4-10-19(11-5-2)16(21)12-24-17(22)13(3)20-14-8-6-7-9-15(14)25-18(20)23/h4-9,13H,1-2,10-12H2,3H3. The van der Waals surface area contributed by atoms with Crippen LogP contribution in [-0.2, 0) is 14.3 Å². The van der Waals surface area contributed by atoms with Gasteiger partial charge in [0.25, 0.3) is 5.91 Å². The lowest BCUT2D eigenvalue weighted by Crippen LogP contribution is -2.36. The second kappa shape index (κ2) is 8.14. The van der Waals surface area contributed by atoms with Crippen molar-refractivity contribution in [2.75, 3.05) is 19.7 Å². The van der Waals surface area contributed by atoms with Crippen LogP contribution in [-0.4, -0.2) is 41.0 Å². The number of nitrogens with zero attached hydrogens (tertiary/aromatic N) is 2. The van der Waals surface area contributed by atoms with E-state index >= 15 is 0 Å². The number of hydrogen-bond acceptors (Lipinski definition) is 5. The SMILES string of the molecule is C=CCN(CC=C)C(=O)COC(=O)C(C)n1c(=O)oc2ccccc21. The summed E-state index contributed by atoms with van der Waals surface area (Å²) in [6.07, 6.45) is 3.14. The average molecular weight is 344 g/mol. The number of esters is 1. The minimum Gasteiger partial charge on any atom is -0.454 e. The van der Waals surface area contributed by atoms with E-state index in [1.807, 2.05) is 0 Å². The normalized spacial score (nSPS) is 11.7. The summed E-state index contributed by atoms with van der Waals surface area (Å²) in [7, 11) is 0. The first-order valence-electron chi connectivity index (χ1n) is 7.75. The molecule has 1 heterocycles. The van der Waals surface area contributed by atoms with E-state index < -0.39 is 24.4 Å². The van der Waals surface area contributed by atoms with Crippen LogP contribution in [0.15, 0.2) is 58.8 Å². The highest BCUT2D eigenvalue weighted by Crippen LogP contribution is 2.17. The number of para-hydroxylation sites is 2. The molecule has 7 nitrogen and oxygen atoms in total. The lowest BCUT2D eigenvalue weighted by molar-refractivity contribution is -0.154. The molecule has 0 radical (unpaired) electrons. The number of ether oxygens (including phenoxy) is 1. The van der Waals surface area contributed by atoms with Gasteiger partial charge in [-0.05, 0) is 19.1 Å². The molecule has 1 atom stereocenters. The van der Waals surface area contributed by atoms with Crippen LogP contribution in [0.1, 0.15) is 13.0 Å². The highest BCUT2D eigenvalue weighted by molar-refractivity contribution is 5.83. The van der Waals surface area contributed by atoms with Gasteiger partial charge in [0.15, 0.2) is 12.2 Å². The van der Waals surface area contributed by atoms with Gasteiger partial charge in [-0.15, -0.1) is 13.2 Å². The zero-order chi connectivity index (χ0) is 18.4. The maximum atomic E-state index is 12.2. The molecule has 132 valence electrons. The van der Waals surface area contributed by atoms with Crippen LogP contribution in [0.25, 0.3) is 11.1 Å². The highest BCUT2D eigenvalue weighted by Gasteiger charge is 2.24. The van der Waals surface area contributed by atoms with Gasteiger partial charge in [-0.3, -0.25) is 9.36 Å². The van der Waals surface area contributed by atoms with Gasteiger partial charge < -0.3 is 14.1 Å². The predicted octanol–water partition coefficient (Wildman–Crippen LogP) is 1.90. The number of carbonyl (C=O) groups is 2. The van der Waals surface area contributed by atoms with Gasteiger partial charge in [0, 0.05) is 13.1 Å². The third kappa shape index (κ3) is 4.06. The van der Waals surface area contributed by atoms with Crippen molar-refractivity contribution in [3.05, 3.63) is 60.1 Å². The van der Waals surface area contributed by atoms with Gasteiger partial charge in [0.1, 0.15) is 6.04 Å². The van der Waals surface area contributed by atoms with Crippen molar-refractivity contribution in [2.24, 2.45) is 0 Å². The van der Waals surface area contributed by atoms with Gasteiger partial charge in [0.05, 0.1) is 5.52 Å². The lowest BCUT2D eigenvalue weighted by Gasteiger charge is -2.19. The molecule has 7 heteroatoms. The second-order valence-electron chi connectivity index (χ2n) is 5.37. The predicted molar refractivity (Wildman–Crippen MR) is 93.1 cm³/mol. The van der Waals surface area contributed by atoms with Crippen molar-refractivity contribution in [3.63, 3.8) is 0 Å². The summed E-state index contributed by atoms with van der Waals surface area (Å²) in [5, 5.41) is 0. The Morgan fingerprint density at radius 1 is 1.28 bits per heavy atom. The molecule has 0 spiro atoms. The van der Waals surface area contributed by atoms with E-state index in [-0.39, 0.29) is 5.91 Å². The average Bonchev–Trinajstić information content (AvgIpc) is 2.94. The summed E-state index contributed by atoms with van der Waals surface area (Å²) in [4.78, 5) is 37.8. The first-order chi connectivity index (χ1) is 12.0. The molecular formula is C18H20N2O5. The Hall–Kier alpha value is -3.09. The van der Waals surface area contributed by atoms with E-state index in [0.717, 1.165) is 0 Å². The number of rotatable bonds is 8. The van der Waals surface area contributed by atoms with Gasteiger partial charge in [-0.25, -0.2) is 9.59 Å². The molecule has 0 saturated carbocycles. The Balaban J connectivity index is 2.08. The minimum atomic E-state index is -0.920. The second-order valence-corrected chi connectivity index (χ2v) is 5.37. The van der Waals surface area contributed by atoms with E-state index in [2.05, 4.69) is 13.2 Å². The van der Waals surface area contributed by atoms with Crippen LogP contribution in [0.5, 0.6) is 0 Å². The maximum absolute atomic E-state index is 12.2. The molecule has 1 unspecified atom stereocenters. The Morgan fingerprint density at radius 2 is 1.92 bits per heavy atom. The number of aromatic nitrogens is 1. The summed E-state index contributed by atoms with van der Waals surface area (Å²) in [6, 6.07) is 5.85. The largest absolute Gasteiger partial charge is 0.454 e. The third-order valence-electron chi connectivity index (χ3n) is 3.64. The fourth-order valence-corrected chi connectivity index (χ4v) is 2.39. The van der Waals surface area contributed by atoms with Gasteiger partial charge in [-0.1, -0.05) is 24.3 Å². The van der Waals surface area contributed by atoms with Crippen LogP contribution in [0.3, 0.4) is 0 Å². The third-order valence-corrected chi connectivity index (χ3v) is 3.64. The Bertz CT molecular complexity index is 839. The molecular weight excluding hydrogens is 324 g/mol. The summed E-state index contributed by atoms with van der Waals surface area (Å²) in [5.41, 5.74) is 0.870. The summed E-state index contributed by atoms with van der Waals surface area (Å²) >= 11 is 0. The maximum Gasteiger partial charge on any atom is 0.420 e. The highest BCUT2D eigenvalue weighted by atomic mass is 16.5. The molecule has 0 aliphatic carbocycles. The fraction of sp³-hybridized carbons (Fsp3) is 0.278. The first-order valence-corrected chi connectivity index (χ1v) is 7.75. The summed E-state index contributed by atoms with van der Waals surface area (Å²) in [6.45, 7) is 8.89. The van der Waals surface area contributed by atoms with Crippen molar-refractivity contribution in [2.45, 2.75) is 13.0 Å². The van der Waals surface area contributed by atoms with E-state index in [0.29, 0.717) is 24.2 Å². The number of benzene rings is 1. The number of hydrogen-bond donors (Lipinski definition) is 0. The van der Waals surface area contributed by atoms with Gasteiger partial charge >= 0.3 is 11.7 Å². The van der Waals surface area contributed by atoms with Crippen LogP contribution < -0.4 is 5.76 Å². The molecule has 2 rings (SSSR count). The van der Waals surface area contributed by atoms with Crippen molar-refractivity contribution in [1.29, 1.82) is 0 Å². The van der Waals surface area contributed by atoms with Gasteiger partial charge in [0.2, 0.25) is 0 Å². The molecule has 25 heavy (non-hydrogen) atoms. The topological polar surface area (TPSA) is 81.8 Å². The van der Waals surface area contributed by atoms with Crippen molar-refractivity contribution in [1.82, 2.24) is 9.47 Å². The van der Waals surface area contributed by atoms with Crippen LogP contribution in [0.4, 0.5) is 0 Å². The lowest BCUT2D eigenvalue weighted by atomic mass is 10.3. The summed E-state index contributed by atoms with van der Waals surface area (Å²) in [5.74, 6) is -1.72. The minimum absolute atomic E-state index is 0.323. The number of carbonyl (C=O) groups excluding carboxylic acids is 2. The van der Waals surface area contributed by atoms with Crippen molar-refractivity contribution in [3.8, 4) is 0 Å². The van der Waals surface area contributed by atoms with Crippen LogP contribution >= 0.6 is 0 Å². The molecule has 1 aromatic carbocycles. The van der Waals surface area contributed by atoms with Crippen LogP contribution in [0.2, 0.25) is 0 Å². The molecule has 0 saturated heterocycles. The van der Waals surface area contributed by atoms with E-state index in [9.17, 15) is 14.4 Å². The zero-order valence-electron chi connectivity index (χ0n) is 14.0. The van der Waals surface area contributed by atoms with E-state index in [4.69, 9.17) is 9.15 Å². The van der Waals surface area contributed by atoms with Crippen LogP contribution in [0, 0.1) is 0 Å². The van der Waals surface area contributed by atoms with Crippen molar-refractivity contribution < 1.29 is 18.7 Å². The Labute approximate surface area is 144 Å². The molecule has 0 fully saturated rings. The van der Waals surface area contributed by atoms with Gasteiger partial charge in [-0.2, -0.15) is 0 Å². The Morgan fingerprint density at radius 3 is 2.56 bits per heavy atom. The number of oxazole rings is 1. The number of amides is 1. The Kier molecular flexibility index (Phi) is 5.94. The zero-order valence-corrected chi connectivity index (χ0v) is 14.0. The molecule has 2 aromatic rings. The van der Waals surface area contributed by atoms with Crippen molar-refractivity contribution >= 4 is 23.0 Å². The van der Waals surface area contributed by atoms with E-state index in [1.54, 1.807) is 36.4 Å². The molecule has 0 aliphatic heterocycles. The number of fused-ring (bicyclic) bond motifs is 1. The fourth-order valence-electron chi connectivity index (χ4n) is 2.39. The monoisotopic (exact) mass is 344 g/mol. The smallest absolute Gasteiger partial charge is 0.420 e. The van der Waals surface area contributed by atoms with E-state index in [1.165, 1.54) is 16.4 Å². The quantitative estimate of drug-likeness (QED) is 0.540. The first kappa shape index (κ1) is 18.3. The summed E-state index contributed by atoms with van der Waals surface area (Å²) < 4.78 is 11.4. The molecule has 1 amide bonds. The molecule has 0 N–H and O–H groups in total. The molecule has 0 bridgehead atoms. The molecule has 1 aromatic heterocycles. The molecule has 0 aliphatic rings.